The molecule has 0 unspecified atom stereocenters. The average Bonchev–Trinajstić information content (AvgIpc) is 1.84. The number of alkyl halides is 3. The quantitative estimate of drug-likeness (QED) is 0.0446. The van der Waals surface area contributed by atoms with Gasteiger partial charge in [0.2, 0.25) is 0 Å². The molecule has 0 atom stereocenters. The minimum atomic E-state index is -5.08. The van der Waals surface area contributed by atoms with Crippen LogP contribution in [0, 0.1) is 0 Å². The number of nitrogens with zero attached hydrogens (tertiary/aromatic N) is 13. The number of hydrogen-bond acceptors (Lipinski definition) is 18. The second-order valence-electron chi connectivity index (χ2n) is 18.7. The van der Waals surface area contributed by atoms with E-state index < -0.39 is 48.4 Å². The van der Waals surface area contributed by atoms with Crippen molar-refractivity contribution in [1.82, 2.24) is 70.3 Å². The van der Waals surface area contributed by atoms with Crippen LogP contribution in [0.3, 0.4) is 0 Å². The van der Waals surface area contributed by atoms with Crippen molar-refractivity contribution in [3.8, 4) is 45.7 Å². The van der Waals surface area contributed by atoms with Crippen molar-refractivity contribution in [2.45, 2.75) is 41.0 Å². The number of carbonyl (C=O) groups is 4. The van der Waals surface area contributed by atoms with E-state index in [0.29, 0.717) is 66.8 Å². The summed E-state index contributed by atoms with van der Waals surface area (Å²) in [7, 11) is 3.21. The summed E-state index contributed by atoms with van der Waals surface area (Å²) in [6.45, 7) is 2.75. The van der Waals surface area contributed by atoms with Crippen LogP contribution in [0.15, 0.2) is 140 Å². The first kappa shape index (κ1) is 73.2. The summed E-state index contributed by atoms with van der Waals surface area (Å²) < 4.78 is 51.5. The van der Waals surface area contributed by atoms with Crippen molar-refractivity contribution in [2.24, 2.45) is 0 Å². The molecule has 4 N–H and O–H groups in total. The van der Waals surface area contributed by atoms with Gasteiger partial charge in [-0.25, -0.2) is 33.5 Å². The molecule has 476 valence electrons. The standard InChI is InChI=1S/C18H17ClN4O3.C16H13ClN4O3.C8H5ClN4O2.C5H3Cl2N.C5H3ClN.C2HF3O2.3CH3.Sn/c1-3-26-18(24)16-17(15-9-6-13(19)10-20-15)23(22-21-16)11-12-4-7-14(25-2)8-5-12;1-24-12-5-2-10(3-6-12)9-21-15(14(16(22)23)19-20-21)13-7-4-11(17)8-18-13;9-4-1-2-5(10-3-4)6-7(8(14)15)12-13-11-6;6-4-1-2-5(7)8-3-4;6-5-2-1-3-7-4-5;3-2(4,5)1(6)7;;;;/h4-10H,3,11H2,1-2H3;2-8H,9H2,1H3,(H,22,23);1-3H,(H,14,15)(H,11,12,13);1-3H;1-2,4H;(H,6,7);3*1H3;. The number of pyridine rings is 5. The van der Waals surface area contributed by atoms with Crippen LogP contribution in [0.2, 0.25) is 45.1 Å². The predicted molar refractivity (Wildman–Crippen MR) is 335 cm³/mol. The van der Waals surface area contributed by atoms with Gasteiger partial charge in [0.1, 0.15) is 33.7 Å². The third-order valence-corrected chi connectivity index (χ3v) is 17.8. The zero-order valence-electron chi connectivity index (χ0n) is 48.3. The molecule has 91 heavy (non-hydrogen) atoms. The Hall–Kier alpha value is -8.58. The van der Waals surface area contributed by atoms with Crippen molar-refractivity contribution >= 4 is 116 Å². The summed E-state index contributed by atoms with van der Waals surface area (Å²) in [5.41, 5.74) is 4.09. The fourth-order valence-electron chi connectivity index (χ4n) is 6.93. The van der Waals surface area contributed by atoms with Gasteiger partial charge in [-0.1, -0.05) is 92.7 Å². The monoisotopic (exact) mass is 1480 g/mol. The van der Waals surface area contributed by atoms with Crippen LogP contribution in [0.25, 0.3) is 34.2 Å². The maximum absolute atomic E-state index is 12.2. The third-order valence-electron chi connectivity index (χ3n) is 11.2. The zero-order valence-corrected chi connectivity index (χ0v) is 55.7. The average molecular weight is 1480 g/mol. The van der Waals surface area contributed by atoms with E-state index in [4.69, 9.17) is 98.8 Å². The number of aromatic nitrogens is 14. The summed E-state index contributed by atoms with van der Waals surface area (Å²) >= 11 is 32.2. The number of carboxylic acid groups (broad SMARTS) is 3. The summed E-state index contributed by atoms with van der Waals surface area (Å²) in [6.07, 6.45) is 2.53. The molecular formula is C57H51Cl6F3N14O10Sn. The van der Waals surface area contributed by atoms with Crippen molar-refractivity contribution in [3.05, 3.63) is 199 Å². The van der Waals surface area contributed by atoms with Gasteiger partial charge >= 0.3 is 107 Å². The molecule has 0 saturated carbocycles. The molecule has 24 nitrogen and oxygen atoms in total. The Morgan fingerprint density at radius 1 is 0.527 bits per heavy atom. The van der Waals surface area contributed by atoms with Gasteiger partial charge in [-0.3, -0.25) is 15.0 Å². The number of carboxylic acids is 3. The number of hydrogen-bond donors (Lipinski definition) is 4. The molecule has 10 aromatic rings. The normalized spacial score (nSPS) is 10.6. The van der Waals surface area contributed by atoms with Gasteiger partial charge in [-0.2, -0.15) is 23.5 Å². The zero-order chi connectivity index (χ0) is 67.0. The van der Waals surface area contributed by atoms with E-state index in [2.05, 4.69) is 81.8 Å². The summed E-state index contributed by atoms with van der Waals surface area (Å²) in [6, 6.07) is 32.1. The second-order valence-corrected chi connectivity index (χ2v) is 35.6. The maximum atomic E-state index is 12.2. The number of nitrogens with one attached hydrogen (secondary N) is 1. The number of esters is 1. The number of aliphatic carboxylic acids is 1. The number of rotatable bonds is 14. The molecule has 0 amide bonds. The number of aromatic amines is 1. The second kappa shape index (κ2) is 35.1. The Kier molecular flexibility index (Phi) is 28.2. The van der Waals surface area contributed by atoms with E-state index in [1.807, 2.05) is 54.6 Å². The van der Waals surface area contributed by atoms with Gasteiger partial charge < -0.3 is 29.5 Å². The van der Waals surface area contributed by atoms with Crippen LogP contribution in [0.5, 0.6) is 11.5 Å². The van der Waals surface area contributed by atoms with Crippen LogP contribution in [0.1, 0.15) is 49.5 Å². The molecule has 0 aliphatic heterocycles. The molecule has 34 heteroatoms. The third kappa shape index (κ3) is 23.3. The van der Waals surface area contributed by atoms with E-state index in [1.165, 1.54) is 33.2 Å². The Balaban J connectivity index is 0.000000211. The summed E-state index contributed by atoms with van der Waals surface area (Å²) in [4.78, 5) is 70.8. The number of ether oxygens (including phenoxy) is 3. The SMILES string of the molecule is CCOC(=O)c1nnn(Cc2ccc(OC)cc2)c1-c1ccc(Cl)cn1.COc1ccc(Cn2nnc(C(=O)O)c2-c2ccc(Cl)cn2)cc1.Clc1ccc(Cl)nc1.O=C(O)C(F)(F)F.O=C(O)c1n[nH]nc1-c1ccc(Cl)cn1.[CH3][Sn]([CH3])([CH3])[c]1ccc(Cl)cn1. The fraction of sp³-hybridized carbons (Fsp3) is 0.175. The van der Waals surface area contributed by atoms with Gasteiger partial charge in [0, 0.05) is 24.8 Å². The molecule has 0 aliphatic rings. The number of H-pyrrole nitrogens is 1. The Bertz CT molecular complexity index is 3940. The molecule has 0 fully saturated rings. The Labute approximate surface area is 550 Å². The predicted octanol–water partition coefficient (Wildman–Crippen LogP) is 12.5. The molecule has 0 aliphatic carbocycles. The van der Waals surface area contributed by atoms with Crippen LogP contribution < -0.4 is 13.2 Å². The summed E-state index contributed by atoms with van der Waals surface area (Å²) in [5.74, 6) is -4.12. The molecule has 0 radical (unpaired) electrons. The first-order chi connectivity index (χ1) is 43.1. The van der Waals surface area contributed by atoms with E-state index in [-0.39, 0.29) is 29.4 Å². The van der Waals surface area contributed by atoms with Crippen molar-refractivity contribution in [2.75, 3.05) is 20.8 Å². The number of halogens is 9. The molecule has 0 bridgehead atoms. The van der Waals surface area contributed by atoms with Crippen LogP contribution >= 0.6 is 69.6 Å². The van der Waals surface area contributed by atoms with Crippen LogP contribution in [-0.2, 0) is 22.6 Å². The molecule has 0 saturated heterocycles. The van der Waals surface area contributed by atoms with E-state index in [0.717, 1.165) is 27.6 Å². The van der Waals surface area contributed by atoms with E-state index in [9.17, 15) is 32.7 Å². The topological polar surface area (TPSA) is 324 Å². The molecule has 2 aromatic carbocycles. The van der Waals surface area contributed by atoms with Gasteiger partial charge in [0.15, 0.2) is 17.1 Å². The van der Waals surface area contributed by atoms with Crippen molar-refractivity contribution in [3.63, 3.8) is 0 Å². The minimum absolute atomic E-state index is 0.121. The van der Waals surface area contributed by atoms with Crippen LogP contribution in [-0.4, -0.2) is 155 Å². The molecular weight excluding hydrogens is 1430 g/mol. The molecule has 10 rings (SSSR count). The number of carbonyl (C=O) groups excluding carboxylic acids is 1. The number of aromatic carboxylic acids is 2. The first-order valence-corrected chi connectivity index (χ1v) is 38.1. The van der Waals surface area contributed by atoms with E-state index in [1.54, 1.807) is 80.6 Å². The van der Waals surface area contributed by atoms with Gasteiger partial charge in [-0.15, -0.1) is 15.3 Å². The van der Waals surface area contributed by atoms with Crippen LogP contribution in [0.4, 0.5) is 13.2 Å². The Morgan fingerprint density at radius 3 is 1.26 bits per heavy atom. The van der Waals surface area contributed by atoms with Crippen molar-refractivity contribution in [1.29, 1.82) is 0 Å². The molecule has 8 heterocycles. The molecule has 8 aromatic heterocycles. The summed E-state index contributed by atoms with van der Waals surface area (Å²) in [5, 5.41) is 53.8. The van der Waals surface area contributed by atoms with E-state index >= 15 is 0 Å². The Morgan fingerprint density at radius 2 is 0.923 bits per heavy atom. The fourth-order valence-corrected chi connectivity index (χ4v) is 10.6. The van der Waals surface area contributed by atoms with Crippen molar-refractivity contribution < 1.29 is 61.9 Å². The molecule has 0 spiro atoms. The number of benzene rings is 2. The van der Waals surface area contributed by atoms with Gasteiger partial charge in [-0.05, 0) is 90.8 Å². The first-order valence-electron chi connectivity index (χ1n) is 25.8. The number of methoxy groups -OCH3 is 2. The van der Waals surface area contributed by atoms with Gasteiger partial charge in [0.25, 0.3) is 0 Å². The van der Waals surface area contributed by atoms with Gasteiger partial charge in [0.05, 0.1) is 71.1 Å².